The quantitative estimate of drug-likeness (QED) is 0.729. The van der Waals surface area contributed by atoms with E-state index in [1.165, 1.54) is 6.92 Å². The standard InChI is InChI=1S/C15H19BrN2O5/c1-9(2)17-15(21)18-13(19)8-22-14(20)10(3)23-12-6-4-11(16)5-7-12/h4-7,9-10H,8H2,1-3H3,(H2,17,18,19,21)/t10-/m0/s1. The minimum atomic E-state index is -0.881. The normalized spacial score (nSPS) is 11.5. The number of halogens is 1. The van der Waals surface area contributed by atoms with Crippen molar-refractivity contribution < 1.29 is 23.9 Å². The zero-order valence-corrected chi connectivity index (χ0v) is 14.7. The summed E-state index contributed by atoms with van der Waals surface area (Å²) in [5.41, 5.74) is 0. The lowest BCUT2D eigenvalue weighted by atomic mass is 10.3. The highest BCUT2D eigenvalue weighted by molar-refractivity contribution is 9.10. The molecule has 0 bridgehead atoms. The van der Waals surface area contributed by atoms with Crippen molar-refractivity contribution in [2.75, 3.05) is 6.61 Å². The van der Waals surface area contributed by atoms with Crippen LogP contribution in [0.3, 0.4) is 0 Å². The first-order valence-corrected chi connectivity index (χ1v) is 7.76. The van der Waals surface area contributed by atoms with E-state index in [4.69, 9.17) is 9.47 Å². The van der Waals surface area contributed by atoms with E-state index in [0.717, 1.165) is 4.47 Å². The lowest BCUT2D eigenvalue weighted by molar-refractivity contribution is -0.154. The van der Waals surface area contributed by atoms with Crippen molar-refractivity contribution in [3.63, 3.8) is 0 Å². The third-order valence-electron chi connectivity index (χ3n) is 2.48. The predicted molar refractivity (Wildman–Crippen MR) is 87.0 cm³/mol. The van der Waals surface area contributed by atoms with E-state index in [1.54, 1.807) is 38.1 Å². The van der Waals surface area contributed by atoms with Gasteiger partial charge in [-0.3, -0.25) is 10.1 Å². The summed E-state index contributed by atoms with van der Waals surface area (Å²) in [6, 6.07) is 6.18. The fraction of sp³-hybridized carbons (Fsp3) is 0.400. The number of hydrogen-bond donors (Lipinski definition) is 2. The second-order valence-corrected chi connectivity index (χ2v) is 5.91. The number of benzene rings is 1. The molecule has 0 aromatic heterocycles. The number of imide groups is 1. The zero-order chi connectivity index (χ0) is 17.4. The number of ether oxygens (including phenoxy) is 2. The Kier molecular flexibility index (Phi) is 7.53. The summed E-state index contributed by atoms with van der Waals surface area (Å²) >= 11 is 3.29. The summed E-state index contributed by atoms with van der Waals surface area (Å²) in [6.45, 7) is 4.46. The van der Waals surface area contributed by atoms with Crippen LogP contribution in [0.5, 0.6) is 5.75 Å². The van der Waals surface area contributed by atoms with E-state index in [9.17, 15) is 14.4 Å². The molecule has 8 heteroatoms. The summed E-state index contributed by atoms with van der Waals surface area (Å²) in [5.74, 6) is -0.918. The molecular formula is C15H19BrN2O5. The second kappa shape index (κ2) is 9.14. The van der Waals surface area contributed by atoms with Gasteiger partial charge in [0.2, 0.25) is 0 Å². The molecule has 2 N–H and O–H groups in total. The maximum atomic E-state index is 11.7. The average Bonchev–Trinajstić information content (AvgIpc) is 2.46. The number of hydrogen-bond acceptors (Lipinski definition) is 5. The largest absolute Gasteiger partial charge is 0.479 e. The summed E-state index contributed by atoms with van der Waals surface area (Å²) in [7, 11) is 0. The Morgan fingerprint density at radius 1 is 1.13 bits per heavy atom. The summed E-state index contributed by atoms with van der Waals surface area (Å²) in [6.07, 6.45) is -0.881. The molecule has 23 heavy (non-hydrogen) atoms. The predicted octanol–water partition coefficient (Wildman–Crippen LogP) is 1.99. The maximum absolute atomic E-state index is 11.7. The highest BCUT2D eigenvalue weighted by atomic mass is 79.9. The Balaban J connectivity index is 2.36. The Morgan fingerprint density at radius 3 is 2.30 bits per heavy atom. The molecule has 0 spiro atoms. The number of carbonyl (C=O) groups excluding carboxylic acids is 3. The number of nitrogens with one attached hydrogen (secondary N) is 2. The molecule has 0 radical (unpaired) electrons. The highest BCUT2D eigenvalue weighted by Gasteiger charge is 2.18. The van der Waals surface area contributed by atoms with Crippen LogP contribution in [0, 0.1) is 0 Å². The number of rotatable bonds is 6. The molecule has 3 amide bonds. The Bertz CT molecular complexity index is 559. The number of urea groups is 1. The SMILES string of the molecule is CC(C)NC(=O)NC(=O)COC(=O)[C@H](C)Oc1ccc(Br)cc1. The maximum Gasteiger partial charge on any atom is 0.347 e. The highest BCUT2D eigenvalue weighted by Crippen LogP contribution is 2.17. The van der Waals surface area contributed by atoms with Crippen molar-refractivity contribution >= 4 is 33.8 Å². The molecule has 0 heterocycles. The summed E-state index contributed by atoms with van der Waals surface area (Å²) < 4.78 is 11.1. The zero-order valence-electron chi connectivity index (χ0n) is 13.1. The van der Waals surface area contributed by atoms with Gasteiger partial charge >= 0.3 is 12.0 Å². The fourth-order valence-electron chi connectivity index (χ4n) is 1.48. The van der Waals surface area contributed by atoms with Gasteiger partial charge in [-0.25, -0.2) is 9.59 Å². The molecule has 0 fully saturated rings. The second-order valence-electron chi connectivity index (χ2n) is 5.00. The van der Waals surface area contributed by atoms with Crippen molar-refractivity contribution in [3.8, 4) is 5.75 Å². The van der Waals surface area contributed by atoms with Crippen LogP contribution in [0.2, 0.25) is 0 Å². The lowest BCUT2D eigenvalue weighted by Gasteiger charge is -2.14. The smallest absolute Gasteiger partial charge is 0.347 e. The van der Waals surface area contributed by atoms with E-state index in [2.05, 4.69) is 21.2 Å². The first kappa shape index (κ1) is 19.0. The molecule has 1 aromatic rings. The molecule has 0 unspecified atom stereocenters. The van der Waals surface area contributed by atoms with Gasteiger partial charge in [-0.15, -0.1) is 0 Å². The van der Waals surface area contributed by atoms with Gasteiger partial charge < -0.3 is 14.8 Å². The van der Waals surface area contributed by atoms with Gasteiger partial charge in [0.1, 0.15) is 5.75 Å². The molecule has 0 saturated heterocycles. The van der Waals surface area contributed by atoms with Crippen molar-refractivity contribution in [1.29, 1.82) is 0 Å². The lowest BCUT2D eigenvalue weighted by Crippen LogP contribution is -2.44. The molecule has 1 atom stereocenters. The molecule has 0 aliphatic heterocycles. The van der Waals surface area contributed by atoms with Crippen LogP contribution < -0.4 is 15.4 Å². The number of carbonyl (C=O) groups is 3. The monoisotopic (exact) mass is 386 g/mol. The fourth-order valence-corrected chi connectivity index (χ4v) is 1.74. The van der Waals surface area contributed by atoms with Crippen molar-refractivity contribution in [1.82, 2.24) is 10.6 Å². The van der Waals surface area contributed by atoms with E-state index in [0.29, 0.717) is 5.75 Å². The molecule has 126 valence electrons. The van der Waals surface area contributed by atoms with Gasteiger partial charge in [-0.2, -0.15) is 0 Å². The average molecular weight is 387 g/mol. The first-order valence-electron chi connectivity index (χ1n) is 6.97. The minimum absolute atomic E-state index is 0.107. The van der Waals surface area contributed by atoms with Gasteiger partial charge in [0.05, 0.1) is 0 Å². The molecule has 7 nitrogen and oxygen atoms in total. The van der Waals surface area contributed by atoms with Crippen molar-refractivity contribution in [2.45, 2.75) is 32.9 Å². The van der Waals surface area contributed by atoms with E-state index in [1.807, 2.05) is 5.32 Å². The van der Waals surface area contributed by atoms with Crippen molar-refractivity contribution in [3.05, 3.63) is 28.7 Å². The molecule has 0 aliphatic carbocycles. The minimum Gasteiger partial charge on any atom is -0.479 e. The molecule has 0 aliphatic rings. The van der Waals surface area contributed by atoms with E-state index >= 15 is 0 Å². The van der Waals surface area contributed by atoms with Gasteiger partial charge in [0, 0.05) is 10.5 Å². The third kappa shape index (κ3) is 7.64. The number of esters is 1. The van der Waals surface area contributed by atoms with Gasteiger partial charge in [0.15, 0.2) is 12.7 Å². The van der Waals surface area contributed by atoms with Crippen LogP contribution in [-0.4, -0.2) is 36.7 Å². The van der Waals surface area contributed by atoms with E-state index < -0.39 is 30.6 Å². The van der Waals surface area contributed by atoms with Crippen LogP contribution in [0.25, 0.3) is 0 Å². The molecule has 1 aromatic carbocycles. The Labute approximate surface area is 142 Å². The molecule has 0 saturated carbocycles. The first-order chi connectivity index (χ1) is 10.8. The van der Waals surface area contributed by atoms with Crippen LogP contribution in [0.15, 0.2) is 28.7 Å². The van der Waals surface area contributed by atoms with Crippen LogP contribution in [-0.2, 0) is 14.3 Å². The molecule has 1 rings (SSSR count). The number of amides is 3. The third-order valence-corrected chi connectivity index (χ3v) is 3.01. The van der Waals surface area contributed by atoms with Crippen LogP contribution in [0.1, 0.15) is 20.8 Å². The van der Waals surface area contributed by atoms with Gasteiger partial charge in [-0.05, 0) is 45.0 Å². The van der Waals surface area contributed by atoms with Gasteiger partial charge in [0.25, 0.3) is 5.91 Å². The van der Waals surface area contributed by atoms with Crippen molar-refractivity contribution in [2.24, 2.45) is 0 Å². The Morgan fingerprint density at radius 2 is 1.74 bits per heavy atom. The summed E-state index contributed by atoms with van der Waals surface area (Å²) in [4.78, 5) is 34.5. The van der Waals surface area contributed by atoms with E-state index in [-0.39, 0.29) is 6.04 Å². The van der Waals surface area contributed by atoms with Crippen LogP contribution in [0.4, 0.5) is 4.79 Å². The molecular weight excluding hydrogens is 368 g/mol. The van der Waals surface area contributed by atoms with Crippen LogP contribution >= 0.6 is 15.9 Å². The summed E-state index contributed by atoms with van der Waals surface area (Å²) in [5, 5.41) is 4.53. The topological polar surface area (TPSA) is 93.7 Å². The van der Waals surface area contributed by atoms with Gasteiger partial charge in [-0.1, -0.05) is 15.9 Å². The Hall–Kier alpha value is -2.09.